The third kappa shape index (κ3) is 3.24. The third-order valence-electron chi connectivity index (χ3n) is 5.63. The van der Waals surface area contributed by atoms with Gasteiger partial charge in [-0.25, -0.2) is 4.39 Å². The number of piperazine rings is 1. The average molecular weight is 379 g/mol. The average Bonchev–Trinajstić information content (AvgIpc) is 2.69. The number of hydrogen-bond acceptors (Lipinski definition) is 3. The number of nitriles is 1. The van der Waals surface area contributed by atoms with Gasteiger partial charge in [0, 0.05) is 24.9 Å². The first-order valence-electron chi connectivity index (χ1n) is 9.10. The first kappa shape index (κ1) is 19.6. The second-order valence-corrected chi connectivity index (χ2v) is 7.39. The smallest absolute Gasteiger partial charge is 0.246 e. The zero-order chi connectivity index (χ0) is 20.5. The van der Waals surface area contributed by atoms with E-state index in [4.69, 9.17) is 0 Å². The molecule has 0 aliphatic carbocycles. The second kappa shape index (κ2) is 7.43. The Kier molecular flexibility index (Phi) is 5.19. The molecule has 5 nitrogen and oxygen atoms in total. The van der Waals surface area contributed by atoms with Crippen LogP contribution in [0.4, 0.5) is 4.39 Å². The third-order valence-corrected chi connectivity index (χ3v) is 5.63. The minimum atomic E-state index is -1.05. The maximum Gasteiger partial charge on any atom is 0.246 e. The number of carbonyl (C=O) groups excluding carboxylic acids is 2. The highest BCUT2D eigenvalue weighted by atomic mass is 19.1. The van der Waals surface area contributed by atoms with Gasteiger partial charge in [-0.1, -0.05) is 43.3 Å². The molecule has 3 rings (SSSR count). The predicted molar refractivity (Wildman–Crippen MR) is 103 cm³/mol. The van der Waals surface area contributed by atoms with Gasteiger partial charge in [-0.05, 0) is 24.6 Å². The summed E-state index contributed by atoms with van der Waals surface area (Å²) in [5.74, 6) is -1.85. The van der Waals surface area contributed by atoms with Crippen molar-refractivity contribution in [2.75, 3.05) is 7.05 Å². The van der Waals surface area contributed by atoms with Crippen molar-refractivity contribution in [3.8, 4) is 6.07 Å². The van der Waals surface area contributed by atoms with E-state index in [0.717, 1.165) is 5.56 Å². The number of likely N-dealkylation sites (N-methyl/N-ethyl adjacent to an activating group) is 1. The Bertz CT molecular complexity index is 954. The highest BCUT2D eigenvalue weighted by Gasteiger charge is 2.49. The fourth-order valence-corrected chi connectivity index (χ4v) is 3.76. The van der Waals surface area contributed by atoms with E-state index in [1.54, 1.807) is 20.9 Å². The first-order valence-corrected chi connectivity index (χ1v) is 9.10. The summed E-state index contributed by atoms with van der Waals surface area (Å²) in [4.78, 5) is 27.5. The van der Waals surface area contributed by atoms with Gasteiger partial charge < -0.3 is 10.2 Å². The Labute approximate surface area is 163 Å². The molecule has 1 saturated heterocycles. The zero-order valence-electron chi connectivity index (χ0n) is 16.1. The van der Waals surface area contributed by atoms with Crippen LogP contribution in [0.15, 0.2) is 48.5 Å². The monoisotopic (exact) mass is 379 g/mol. The summed E-state index contributed by atoms with van der Waals surface area (Å²) in [6.07, 6.45) is 0.367. The first-order chi connectivity index (χ1) is 13.3. The van der Waals surface area contributed by atoms with Gasteiger partial charge in [-0.15, -0.1) is 0 Å². The molecule has 3 unspecified atom stereocenters. The van der Waals surface area contributed by atoms with E-state index < -0.39 is 23.3 Å². The van der Waals surface area contributed by atoms with Crippen LogP contribution in [0.1, 0.15) is 36.5 Å². The van der Waals surface area contributed by atoms with Crippen LogP contribution >= 0.6 is 0 Å². The lowest BCUT2D eigenvalue weighted by molar-refractivity contribution is -0.154. The summed E-state index contributed by atoms with van der Waals surface area (Å²) >= 11 is 0. The van der Waals surface area contributed by atoms with E-state index in [-0.39, 0.29) is 22.9 Å². The van der Waals surface area contributed by atoms with Gasteiger partial charge in [0.15, 0.2) is 0 Å². The number of nitrogens with one attached hydrogen (secondary N) is 1. The molecule has 1 aliphatic heterocycles. The molecule has 0 saturated carbocycles. The molecule has 1 aliphatic rings. The fraction of sp³-hybridized carbons (Fsp3) is 0.318. The summed E-state index contributed by atoms with van der Waals surface area (Å²) in [6.45, 7) is 3.37. The van der Waals surface area contributed by atoms with E-state index in [0.29, 0.717) is 6.42 Å². The van der Waals surface area contributed by atoms with Gasteiger partial charge in [0.05, 0.1) is 11.6 Å². The standard InChI is InChI=1S/C22H22FN3O2/c1-14(18-16(13-24)10-7-11-17(18)23)19-20(27)26(3)22(2,21(28)25-19)12-15-8-5-4-6-9-15/h4-11,14,19H,12H2,1-3H3,(H,25,28). The van der Waals surface area contributed by atoms with Crippen molar-refractivity contribution in [2.24, 2.45) is 0 Å². The largest absolute Gasteiger partial charge is 0.342 e. The fourth-order valence-electron chi connectivity index (χ4n) is 3.76. The summed E-state index contributed by atoms with van der Waals surface area (Å²) < 4.78 is 14.4. The SMILES string of the molecule is CC(c1c(F)cccc1C#N)C1NC(=O)C(C)(Cc2ccccc2)N(C)C1=O. The molecule has 0 spiro atoms. The molecule has 2 aromatic carbocycles. The molecule has 1 N–H and O–H groups in total. The van der Waals surface area contributed by atoms with Crippen molar-refractivity contribution in [2.45, 2.75) is 37.8 Å². The zero-order valence-corrected chi connectivity index (χ0v) is 16.1. The van der Waals surface area contributed by atoms with E-state index in [9.17, 15) is 19.2 Å². The van der Waals surface area contributed by atoms with E-state index >= 15 is 0 Å². The Morgan fingerprint density at radius 1 is 1.21 bits per heavy atom. The number of rotatable bonds is 4. The predicted octanol–water partition coefficient (Wildman–Crippen LogP) is 2.76. The lowest BCUT2D eigenvalue weighted by Crippen LogP contribution is -2.70. The van der Waals surface area contributed by atoms with Gasteiger partial charge in [0.2, 0.25) is 11.8 Å². The van der Waals surface area contributed by atoms with Crippen molar-refractivity contribution in [1.82, 2.24) is 10.2 Å². The molecule has 3 atom stereocenters. The summed E-state index contributed by atoms with van der Waals surface area (Å²) in [6, 6.07) is 14.7. The van der Waals surface area contributed by atoms with Crippen LogP contribution in [0.25, 0.3) is 0 Å². The second-order valence-electron chi connectivity index (χ2n) is 7.39. The number of hydrogen-bond donors (Lipinski definition) is 1. The summed E-state index contributed by atoms with van der Waals surface area (Å²) in [5, 5.41) is 12.1. The Balaban J connectivity index is 1.91. The van der Waals surface area contributed by atoms with Crippen molar-refractivity contribution >= 4 is 11.8 Å². The quantitative estimate of drug-likeness (QED) is 0.888. The molecular weight excluding hydrogens is 357 g/mol. The van der Waals surface area contributed by atoms with Gasteiger partial charge in [-0.3, -0.25) is 9.59 Å². The van der Waals surface area contributed by atoms with Crippen LogP contribution in [0.2, 0.25) is 0 Å². The molecular formula is C22H22FN3O2. The van der Waals surface area contributed by atoms with Gasteiger partial charge in [-0.2, -0.15) is 5.26 Å². The van der Waals surface area contributed by atoms with Crippen molar-refractivity contribution in [1.29, 1.82) is 5.26 Å². The van der Waals surface area contributed by atoms with Crippen molar-refractivity contribution < 1.29 is 14.0 Å². The normalized spacial score (nSPS) is 23.1. The Morgan fingerprint density at radius 3 is 2.54 bits per heavy atom. The van der Waals surface area contributed by atoms with Gasteiger partial charge in [0.25, 0.3) is 0 Å². The van der Waals surface area contributed by atoms with E-state index in [1.165, 1.54) is 23.1 Å². The number of halogens is 1. The molecule has 0 bridgehead atoms. The molecule has 2 aromatic rings. The number of nitrogens with zero attached hydrogens (tertiary/aromatic N) is 2. The molecule has 28 heavy (non-hydrogen) atoms. The topological polar surface area (TPSA) is 73.2 Å². The molecule has 1 fully saturated rings. The van der Waals surface area contributed by atoms with E-state index in [1.807, 2.05) is 36.4 Å². The molecule has 1 heterocycles. The Morgan fingerprint density at radius 2 is 1.89 bits per heavy atom. The molecule has 0 radical (unpaired) electrons. The van der Waals surface area contributed by atoms with Crippen LogP contribution in [-0.2, 0) is 16.0 Å². The van der Waals surface area contributed by atoms with Crippen molar-refractivity contribution in [3.63, 3.8) is 0 Å². The number of benzene rings is 2. The number of carbonyl (C=O) groups is 2. The maximum absolute atomic E-state index is 14.4. The van der Waals surface area contributed by atoms with Crippen LogP contribution < -0.4 is 5.32 Å². The van der Waals surface area contributed by atoms with Gasteiger partial charge >= 0.3 is 0 Å². The van der Waals surface area contributed by atoms with Gasteiger partial charge in [0.1, 0.15) is 17.4 Å². The minimum Gasteiger partial charge on any atom is -0.342 e. The highest BCUT2D eigenvalue weighted by molar-refractivity contribution is 6.00. The summed E-state index contributed by atoms with van der Waals surface area (Å²) in [5.41, 5.74) is 0.188. The lowest BCUT2D eigenvalue weighted by Gasteiger charge is -2.46. The van der Waals surface area contributed by atoms with Crippen LogP contribution in [0.5, 0.6) is 0 Å². The maximum atomic E-state index is 14.4. The van der Waals surface area contributed by atoms with Crippen molar-refractivity contribution in [3.05, 3.63) is 71.0 Å². The molecule has 144 valence electrons. The Hall–Kier alpha value is -3.20. The van der Waals surface area contributed by atoms with Crippen LogP contribution in [-0.4, -0.2) is 35.3 Å². The lowest BCUT2D eigenvalue weighted by atomic mass is 9.82. The molecule has 6 heteroatoms. The molecule has 0 aromatic heterocycles. The number of amides is 2. The minimum absolute atomic E-state index is 0.142. The van der Waals surface area contributed by atoms with Crippen LogP contribution in [0.3, 0.4) is 0 Å². The highest BCUT2D eigenvalue weighted by Crippen LogP contribution is 2.32. The van der Waals surface area contributed by atoms with Crippen LogP contribution in [0, 0.1) is 17.1 Å². The van der Waals surface area contributed by atoms with E-state index in [2.05, 4.69) is 5.32 Å². The molecule has 2 amide bonds. The summed E-state index contributed by atoms with van der Waals surface area (Å²) in [7, 11) is 1.59.